The summed E-state index contributed by atoms with van der Waals surface area (Å²) in [5, 5.41) is 0. The second-order valence-corrected chi connectivity index (χ2v) is 20.7. The van der Waals surface area contributed by atoms with Gasteiger partial charge in [-0.3, -0.25) is 14.4 Å². The summed E-state index contributed by atoms with van der Waals surface area (Å²) in [6.07, 6.45) is 72.5. The van der Waals surface area contributed by atoms with Gasteiger partial charge in [-0.15, -0.1) is 0 Å². The number of carbonyl (C=O) groups excluding carboxylic acids is 3. The lowest BCUT2D eigenvalue weighted by molar-refractivity contribution is -0.167. The Morgan fingerprint density at radius 2 is 0.557 bits per heavy atom. The third-order valence-electron chi connectivity index (χ3n) is 13.7. The normalized spacial score (nSPS) is 12.3. The standard InChI is InChI=1S/C64H116O6/c1-4-7-10-13-16-19-22-25-28-30-32-34-36-39-42-45-48-51-54-57-63(66)69-60-61(59-68-62(65)56-53-50-47-44-41-38-35-27-24-21-18-15-12-9-6-3)70-64(67)58-55-52-49-46-43-40-37-33-31-29-26-23-20-17-14-11-8-5-2/h9,12,15,18,21,24,27,35,61H,4-8,10-11,13-14,16-17,19-20,22-23,25-26,28-34,36-60H2,1-3H3/b12-9-,18-15-,24-21-,35-27-. The molecule has 0 spiro atoms. The molecule has 6 nitrogen and oxygen atoms in total. The van der Waals surface area contributed by atoms with Gasteiger partial charge in [0.15, 0.2) is 6.10 Å². The quantitative estimate of drug-likeness (QED) is 0.0261. The number of esters is 3. The van der Waals surface area contributed by atoms with Crippen LogP contribution in [0.1, 0.15) is 323 Å². The van der Waals surface area contributed by atoms with Gasteiger partial charge in [0.2, 0.25) is 0 Å². The van der Waals surface area contributed by atoms with E-state index in [0.29, 0.717) is 19.3 Å². The SMILES string of the molecule is CC\C=C/C=C\C=C/C=C\CCCCCCCC(=O)OCC(COC(=O)CCCCCCCCCCCCCCCCCCCCC)OC(=O)CCCCCCCCCCCCCCCCCCCC. The van der Waals surface area contributed by atoms with Crippen molar-refractivity contribution >= 4 is 17.9 Å². The first-order valence-corrected chi connectivity index (χ1v) is 30.7. The third kappa shape index (κ3) is 56.3. The second kappa shape index (κ2) is 58.9. The number of ether oxygens (including phenoxy) is 3. The van der Waals surface area contributed by atoms with Crippen molar-refractivity contribution in [2.45, 2.75) is 329 Å². The Kier molecular flexibility index (Phi) is 56.7. The fourth-order valence-electron chi connectivity index (χ4n) is 9.10. The highest BCUT2D eigenvalue weighted by molar-refractivity contribution is 5.71. The summed E-state index contributed by atoms with van der Waals surface area (Å²) < 4.78 is 16.9. The smallest absolute Gasteiger partial charge is 0.306 e. The van der Waals surface area contributed by atoms with E-state index in [0.717, 1.165) is 83.5 Å². The van der Waals surface area contributed by atoms with Gasteiger partial charge in [0.25, 0.3) is 0 Å². The molecule has 6 heteroatoms. The summed E-state index contributed by atoms with van der Waals surface area (Å²) in [5.74, 6) is -0.878. The summed E-state index contributed by atoms with van der Waals surface area (Å²) in [7, 11) is 0. The van der Waals surface area contributed by atoms with Crippen molar-refractivity contribution in [2.24, 2.45) is 0 Å². The lowest BCUT2D eigenvalue weighted by Crippen LogP contribution is -2.30. The van der Waals surface area contributed by atoms with Crippen molar-refractivity contribution in [3.8, 4) is 0 Å². The van der Waals surface area contributed by atoms with Gasteiger partial charge < -0.3 is 14.2 Å². The van der Waals surface area contributed by atoms with Crippen molar-refractivity contribution in [2.75, 3.05) is 13.2 Å². The van der Waals surface area contributed by atoms with E-state index in [2.05, 4.69) is 51.2 Å². The molecule has 0 rings (SSSR count). The van der Waals surface area contributed by atoms with Crippen LogP contribution in [0, 0.1) is 0 Å². The molecule has 0 aliphatic rings. The highest BCUT2D eigenvalue weighted by Crippen LogP contribution is 2.18. The molecule has 1 unspecified atom stereocenters. The van der Waals surface area contributed by atoms with Crippen molar-refractivity contribution in [1.82, 2.24) is 0 Å². The zero-order valence-electron chi connectivity index (χ0n) is 46.8. The van der Waals surface area contributed by atoms with Crippen LogP contribution < -0.4 is 0 Å². The number of hydrogen-bond donors (Lipinski definition) is 0. The van der Waals surface area contributed by atoms with Crippen molar-refractivity contribution < 1.29 is 28.6 Å². The number of unbranched alkanes of at least 4 members (excludes halogenated alkanes) is 40. The van der Waals surface area contributed by atoms with Gasteiger partial charge in [-0.1, -0.05) is 313 Å². The van der Waals surface area contributed by atoms with Gasteiger partial charge in [0.1, 0.15) is 13.2 Å². The molecule has 0 heterocycles. The molecule has 70 heavy (non-hydrogen) atoms. The lowest BCUT2D eigenvalue weighted by Gasteiger charge is -2.18. The molecular weight excluding hydrogens is 865 g/mol. The molecular formula is C64H116O6. The molecule has 0 fully saturated rings. The molecule has 0 radical (unpaired) electrons. The van der Waals surface area contributed by atoms with Crippen LogP contribution in [0.3, 0.4) is 0 Å². The fraction of sp³-hybridized carbons (Fsp3) is 0.828. The fourth-order valence-corrected chi connectivity index (χ4v) is 9.10. The van der Waals surface area contributed by atoms with Crippen LogP contribution in [0.2, 0.25) is 0 Å². The van der Waals surface area contributed by atoms with E-state index in [1.807, 2.05) is 18.2 Å². The highest BCUT2D eigenvalue weighted by atomic mass is 16.6. The average Bonchev–Trinajstić information content (AvgIpc) is 3.36. The van der Waals surface area contributed by atoms with E-state index in [1.165, 1.54) is 199 Å². The van der Waals surface area contributed by atoms with Crippen molar-refractivity contribution in [3.05, 3.63) is 48.6 Å². The molecule has 0 amide bonds. The van der Waals surface area contributed by atoms with E-state index in [9.17, 15) is 14.4 Å². The van der Waals surface area contributed by atoms with E-state index in [-0.39, 0.29) is 31.1 Å². The van der Waals surface area contributed by atoms with E-state index < -0.39 is 6.10 Å². The highest BCUT2D eigenvalue weighted by Gasteiger charge is 2.19. The molecule has 1 atom stereocenters. The van der Waals surface area contributed by atoms with Crippen LogP contribution in [0.25, 0.3) is 0 Å². The first-order valence-electron chi connectivity index (χ1n) is 30.7. The maximum atomic E-state index is 12.9. The Bertz CT molecular complexity index is 1220. The van der Waals surface area contributed by atoms with Crippen LogP contribution in [0.15, 0.2) is 48.6 Å². The zero-order valence-corrected chi connectivity index (χ0v) is 46.8. The van der Waals surface area contributed by atoms with Crippen LogP contribution in [0.4, 0.5) is 0 Å². The van der Waals surface area contributed by atoms with Crippen LogP contribution >= 0.6 is 0 Å². The summed E-state index contributed by atoms with van der Waals surface area (Å²) in [6.45, 7) is 6.54. The number of carbonyl (C=O) groups is 3. The van der Waals surface area contributed by atoms with Gasteiger partial charge in [-0.2, -0.15) is 0 Å². The molecule has 0 saturated carbocycles. The zero-order chi connectivity index (χ0) is 50.7. The van der Waals surface area contributed by atoms with Gasteiger partial charge in [0, 0.05) is 19.3 Å². The molecule has 408 valence electrons. The van der Waals surface area contributed by atoms with Gasteiger partial charge in [-0.25, -0.2) is 0 Å². The third-order valence-corrected chi connectivity index (χ3v) is 13.7. The molecule has 0 aliphatic heterocycles. The van der Waals surface area contributed by atoms with E-state index >= 15 is 0 Å². The predicted octanol–water partition coefficient (Wildman–Crippen LogP) is 20.6. The Morgan fingerprint density at radius 1 is 0.300 bits per heavy atom. The van der Waals surface area contributed by atoms with Gasteiger partial charge in [-0.05, 0) is 38.5 Å². The average molecular weight is 982 g/mol. The van der Waals surface area contributed by atoms with Crippen molar-refractivity contribution in [3.63, 3.8) is 0 Å². The van der Waals surface area contributed by atoms with Gasteiger partial charge >= 0.3 is 17.9 Å². The van der Waals surface area contributed by atoms with E-state index in [1.54, 1.807) is 0 Å². The largest absolute Gasteiger partial charge is 0.462 e. The maximum Gasteiger partial charge on any atom is 0.306 e. The molecule has 0 aromatic carbocycles. The Labute approximate surface area is 435 Å². The Hall–Kier alpha value is -2.63. The minimum Gasteiger partial charge on any atom is -0.462 e. The first-order chi connectivity index (χ1) is 34.5. The van der Waals surface area contributed by atoms with E-state index in [4.69, 9.17) is 14.2 Å². The number of hydrogen-bond acceptors (Lipinski definition) is 6. The van der Waals surface area contributed by atoms with Crippen LogP contribution in [0.5, 0.6) is 0 Å². The number of allylic oxidation sites excluding steroid dienone is 8. The van der Waals surface area contributed by atoms with Crippen LogP contribution in [-0.2, 0) is 28.6 Å². The lowest BCUT2D eigenvalue weighted by atomic mass is 10.0. The molecule has 0 saturated heterocycles. The second-order valence-electron chi connectivity index (χ2n) is 20.7. The Balaban J connectivity index is 4.34. The van der Waals surface area contributed by atoms with Crippen LogP contribution in [-0.4, -0.2) is 37.2 Å². The molecule has 0 bridgehead atoms. The predicted molar refractivity (Wildman–Crippen MR) is 302 cm³/mol. The summed E-state index contributed by atoms with van der Waals surface area (Å²) in [6, 6.07) is 0. The molecule has 0 N–H and O–H groups in total. The minimum absolute atomic E-state index is 0.0760. The minimum atomic E-state index is -0.780. The Morgan fingerprint density at radius 3 is 0.871 bits per heavy atom. The summed E-state index contributed by atoms with van der Waals surface area (Å²) in [4.78, 5) is 38.2. The molecule has 0 aromatic heterocycles. The summed E-state index contributed by atoms with van der Waals surface area (Å²) >= 11 is 0. The topological polar surface area (TPSA) is 78.9 Å². The van der Waals surface area contributed by atoms with Gasteiger partial charge in [0.05, 0.1) is 0 Å². The molecule has 0 aliphatic carbocycles. The molecule has 0 aromatic rings. The maximum absolute atomic E-state index is 12.9. The summed E-state index contributed by atoms with van der Waals surface area (Å²) in [5.41, 5.74) is 0. The first kappa shape index (κ1) is 67.4. The number of rotatable bonds is 56. The monoisotopic (exact) mass is 981 g/mol. The van der Waals surface area contributed by atoms with Crippen molar-refractivity contribution in [1.29, 1.82) is 0 Å².